The summed E-state index contributed by atoms with van der Waals surface area (Å²) in [5.41, 5.74) is 5.89. The minimum absolute atomic E-state index is 0.0565. The van der Waals surface area contributed by atoms with Crippen molar-refractivity contribution in [1.82, 2.24) is 0 Å². The Hall–Kier alpha value is -2.47. The van der Waals surface area contributed by atoms with Crippen LogP contribution in [-0.2, 0) is 15.3 Å². The molecular weight excluding hydrogens is 264 g/mol. The maximum Gasteiger partial charge on any atom is 0.315 e. The lowest BCUT2D eigenvalue weighted by Gasteiger charge is -2.06. The smallest absolute Gasteiger partial charge is 0.315 e. The number of carbonyl (C=O) groups is 1. The third-order valence-corrected chi connectivity index (χ3v) is 2.89. The predicted octanol–water partition coefficient (Wildman–Crippen LogP) is 1.73. The minimum atomic E-state index is -2.62. The lowest BCUT2D eigenvalue weighted by molar-refractivity contribution is -0.112. The Labute approximate surface area is 111 Å². The number of primary amides is 1. The number of nitrogens with zero attached hydrogens (tertiary/aromatic N) is 1. The molecule has 0 saturated heterocycles. The Balaban J connectivity index is 2.74. The van der Waals surface area contributed by atoms with Crippen LogP contribution in [0.1, 0.15) is 5.56 Å². The van der Waals surface area contributed by atoms with E-state index in [0.29, 0.717) is 5.56 Å². The summed E-state index contributed by atoms with van der Waals surface area (Å²) < 4.78 is 24.1. The van der Waals surface area contributed by atoms with E-state index in [0.717, 1.165) is 17.0 Å². The number of hydrogen-bond acceptors (Lipinski definition) is 4. The highest BCUT2D eigenvalue weighted by atomic mass is 32.2. The highest BCUT2D eigenvalue weighted by Gasteiger charge is 2.11. The third kappa shape index (κ3) is 2.86. The molecule has 0 radical (unpaired) electrons. The number of nitrogens with two attached hydrogens (primary N) is 1. The van der Waals surface area contributed by atoms with Crippen molar-refractivity contribution in [2.75, 3.05) is 0 Å². The molecule has 0 bridgehead atoms. The number of hydrogen-bond donors (Lipinski definition) is 1. The Morgan fingerprint density at radius 1 is 1.11 bits per heavy atom. The first-order valence-electron chi connectivity index (χ1n) is 5.38. The molecule has 0 unspecified atom stereocenters. The fourth-order valence-corrected chi connectivity index (χ4v) is 2.01. The van der Waals surface area contributed by atoms with Gasteiger partial charge in [-0.05, 0) is 16.3 Å². The van der Waals surface area contributed by atoms with Crippen molar-refractivity contribution in [1.29, 1.82) is 0 Å². The largest absolute Gasteiger partial charge is 0.366 e. The third-order valence-electron chi connectivity index (χ3n) is 2.61. The van der Waals surface area contributed by atoms with Crippen LogP contribution in [0.25, 0.3) is 16.3 Å². The first kappa shape index (κ1) is 13.0. The highest BCUT2D eigenvalue weighted by Crippen LogP contribution is 2.24. The van der Waals surface area contributed by atoms with Gasteiger partial charge in [-0.2, -0.15) is 8.42 Å². The number of carbonyl (C=O) groups excluding carboxylic acids is 1. The van der Waals surface area contributed by atoms with Gasteiger partial charge in [0, 0.05) is 0 Å². The summed E-state index contributed by atoms with van der Waals surface area (Å²) in [7, 11) is -2.62. The molecule has 2 aromatic rings. The van der Waals surface area contributed by atoms with Gasteiger partial charge in [0.05, 0.1) is 11.8 Å². The monoisotopic (exact) mass is 274 g/mol. The van der Waals surface area contributed by atoms with Crippen LogP contribution in [-0.4, -0.2) is 14.3 Å². The van der Waals surface area contributed by atoms with Crippen LogP contribution in [0.5, 0.6) is 0 Å². The summed E-state index contributed by atoms with van der Waals surface area (Å²) in [6.45, 7) is 0. The van der Waals surface area contributed by atoms with Crippen LogP contribution in [0.2, 0.25) is 0 Å². The molecule has 2 rings (SSSR count). The van der Waals surface area contributed by atoms with Gasteiger partial charge in [-0.1, -0.05) is 42.5 Å². The Morgan fingerprint density at radius 2 is 1.79 bits per heavy atom. The molecule has 0 aliphatic rings. The summed E-state index contributed by atoms with van der Waals surface area (Å²) in [6.07, 6.45) is 0.965. The standard InChI is InChI=1S/C13H10N2O3S/c14-13(16)12(8-15-19(17)18)11-7-3-5-9-4-1-2-6-10(9)11/h1-8H,(H2,14,16). The second kappa shape index (κ2) is 5.45. The van der Waals surface area contributed by atoms with Crippen molar-refractivity contribution in [2.45, 2.75) is 0 Å². The maximum atomic E-state index is 11.4. The summed E-state index contributed by atoms with van der Waals surface area (Å²) in [4.78, 5) is 11.4. The fraction of sp³-hybridized carbons (Fsp3) is 0. The molecule has 0 fully saturated rings. The number of amides is 1. The maximum absolute atomic E-state index is 11.4. The first-order valence-corrected chi connectivity index (χ1v) is 6.41. The van der Waals surface area contributed by atoms with Crippen molar-refractivity contribution < 1.29 is 13.2 Å². The number of fused-ring (bicyclic) bond motifs is 1. The van der Waals surface area contributed by atoms with E-state index in [1.807, 2.05) is 30.3 Å². The molecule has 0 heterocycles. The van der Waals surface area contributed by atoms with Gasteiger partial charge in [-0.3, -0.25) is 4.79 Å². The quantitative estimate of drug-likeness (QED) is 0.864. The summed E-state index contributed by atoms with van der Waals surface area (Å²) in [6, 6.07) is 12.8. The Kier molecular flexibility index (Phi) is 3.72. The highest BCUT2D eigenvalue weighted by molar-refractivity contribution is 7.61. The van der Waals surface area contributed by atoms with E-state index < -0.39 is 16.4 Å². The van der Waals surface area contributed by atoms with Gasteiger partial charge < -0.3 is 5.73 Å². The van der Waals surface area contributed by atoms with Gasteiger partial charge in [-0.25, -0.2) is 0 Å². The van der Waals surface area contributed by atoms with Gasteiger partial charge in [0.1, 0.15) is 0 Å². The zero-order chi connectivity index (χ0) is 13.8. The SMILES string of the molecule is NC(=O)C(=CN=S(=O)=O)c1cccc2ccccc12. The van der Waals surface area contributed by atoms with Crippen molar-refractivity contribution >= 4 is 32.8 Å². The van der Waals surface area contributed by atoms with Crippen LogP contribution < -0.4 is 5.73 Å². The van der Waals surface area contributed by atoms with Gasteiger partial charge in [0.15, 0.2) is 0 Å². The average Bonchev–Trinajstić information content (AvgIpc) is 2.38. The number of rotatable bonds is 3. The molecule has 0 aliphatic heterocycles. The molecule has 1 amide bonds. The van der Waals surface area contributed by atoms with Gasteiger partial charge in [0.25, 0.3) is 5.91 Å². The topological polar surface area (TPSA) is 89.6 Å². The lowest BCUT2D eigenvalue weighted by atomic mass is 9.98. The zero-order valence-electron chi connectivity index (χ0n) is 9.78. The van der Waals surface area contributed by atoms with Gasteiger partial charge in [0.2, 0.25) is 0 Å². The normalized spacial score (nSPS) is 11.3. The molecule has 6 heteroatoms. The van der Waals surface area contributed by atoms with Crippen LogP contribution in [0, 0.1) is 0 Å². The molecular formula is C13H10N2O3S. The summed E-state index contributed by atoms with van der Waals surface area (Å²) in [5.74, 6) is -0.731. The van der Waals surface area contributed by atoms with Crippen molar-refractivity contribution in [3.8, 4) is 0 Å². The van der Waals surface area contributed by atoms with E-state index in [-0.39, 0.29) is 5.57 Å². The molecule has 0 saturated carbocycles. The first-order chi connectivity index (χ1) is 9.09. The van der Waals surface area contributed by atoms with Gasteiger partial charge in [-0.15, -0.1) is 4.36 Å². The minimum Gasteiger partial charge on any atom is -0.366 e. The van der Waals surface area contributed by atoms with E-state index in [4.69, 9.17) is 5.73 Å². The number of benzene rings is 2. The molecule has 2 aromatic carbocycles. The van der Waals surface area contributed by atoms with Crippen LogP contribution in [0.3, 0.4) is 0 Å². The van der Waals surface area contributed by atoms with Crippen molar-refractivity contribution in [3.05, 3.63) is 54.2 Å². The second-order valence-electron chi connectivity index (χ2n) is 3.76. The zero-order valence-corrected chi connectivity index (χ0v) is 10.6. The molecule has 0 atom stereocenters. The van der Waals surface area contributed by atoms with Crippen molar-refractivity contribution in [3.63, 3.8) is 0 Å². The average molecular weight is 274 g/mol. The van der Waals surface area contributed by atoms with E-state index in [1.54, 1.807) is 12.1 Å². The molecule has 2 N–H and O–H groups in total. The van der Waals surface area contributed by atoms with E-state index in [2.05, 4.69) is 4.36 Å². The van der Waals surface area contributed by atoms with Crippen LogP contribution in [0.4, 0.5) is 0 Å². The van der Waals surface area contributed by atoms with Crippen LogP contribution >= 0.6 is 0 Å². The molecule has 96 valence electrons. The molecule has 0 aromatic heterocycles. The summed E-state index contributed by atoms with van der Waals surface area (Å²) in [5, 5.41) is 1.73. The van der Waals surface area contributed by atoms with Crippen molar-refractivity contribution in [2.24, 2.45) is 10.1 Å². The Bertz CT molecular complexity index is 794. The van der Waals surface area contributed by atoms with E-state index in [9.17, 15) is 13.2 Å². The van der Waals surface area contributed by atoms with Crippen LogP contribution in [0.15, 0.2) is 53.0 Å². The summed E-state index contributed by atoms with van der Waals surface area (Å²) >= 11 is 0. The van der Waals surface area contributed by atoms with E-state index in [1.165, 1.54) is 0 Å². The Morgan fingerprint density at radius 3 is 2.47 bits per heavy atom. The molecule has 0 aliphatic carbocycles. The molecule has 0 spiro atoms. The van der Waals surface area contributed by atoms with Gasteiger partial charge >= 0.3 is 10.5 Å². The molecule has 5 nitrogen and oxygen atoms in total. The lowest BCUT2D eigenvalue weighted by Crippen LogP contribution is -2.13. The fourth-order valence-electron chi connectivity index (χ4n) is 1.82. The molecule has 19 heavy (non-hydrogen) atoms. The second-order valence-corrected chi connectivity index (χ2v) is 4.40. The predicted molar refractivity (Wildman–Crippen MR) is 72.5 cm³/mol. The van der Waals surface area contributed by atoms with E-state index >= 15 is 0 Å².